The van der Waals surface area contributed by atoms with Crippen molar-refractivity contribution in [2.75, 3.05) is 6.61 Å². The van der Waals surface area contributed by atoms with Crippen molar-refractivity contribution in [3.05, 3.63) is 0 Å². The van der Waals surface area contributed by atoms with Gasteiger partial charge < -0.3 is 35.1 Å². The van der Waals surface area contributed by atoms with E-state index in [4.69, 9.17) is 10.2 Å². The summed E-state index contributed by atoms with van der Waals surface area (Å²) in [5.41, 5.74) is 0. The highest BCUT2D eigenvalue weighted by atomic mass is 19.2. The van der Waals surface area contributed by atoms with E-state index in [1.807, 2.05) is 0 Å². The number of carbonyl (C=O) groups is 2. The number of carbonyl (C=O) groups excluding carboxylic acids is 1. The van der Waals surface area contributed by atoms with Crippen LogP contribution in [-0.4, -0.2) is 80.3 Å². The minimum Gasteiger partial charge on any atom is -0.477 e. The second-order valence-corrected chi connectivity index (χ2v) is 5.24. The van der Waals surface area contributed by atoms with Crippen LogP contribution in [0.5, 0.6) is 0 Å². The maximum atomic E-state index is 14.1. The number of carboxylic acid groups (broad SMARTS) is 1. The van der Waals surface area contributed by atoms with Crippen molar-refractivity contribution in [3.63, 3.8) is 0 Å². The molecule has 0 saturated carbocycles. The lowest BCUT2D eigenvalue weighted by atomic mass is 9.80. The van der Waals surface area contributed by atoms with Gasteiger partial charge in [-0.05, 0) is 6.92 Å². The molecule has 1 fully saturated rings. The molecule has 5 N–H and O–H groups in total. The molecule has 0 aliphatic carbocycles. The summed E-state index contributed by atoms with van der Waals surface area (Å²) < 4.78 is 32.4. The normalized spacial score (nSPS) is 38.3. The molecule has 8 nitrogen and oxygen atoms in total. The van der Waals surface area contributed by atoms with Gasteiger partial charge in [0.05, 0.1) is 18.8 Å². The molecule has 1 heterocycles. The van der Waals surface area contributed by atoms with Crippen molar-refractivity contribution in [2.24, 2.45) is 5.92 Å². The van der Waals surface area contributed by atoms with Crippen molar-refractivity contribution in [3.8, 4) is 0 Å². The summed E-state index contributed by atoms with van der Waals surface area (Å²) in [7, 11) is 0. The van der Waals surface area contributed by atoms with Gasteiger partial charge in [0.15, 0.2) is 6.17 Å². The molecule has 1 rings (SSSR count). The number of hydrogen-bond donors (Lipinski definition) is 5. The van der Waals surface area contributed by atoms with Crippen molar-refractivity contribution in [1.29, 1.82) is 0 Å². The molecule has 0 aromatic carbocycles. The molecule has 128 valence electrons. The first-order valence-electron chi connectivity index (χ1n) is 6.45. The summed E-state index contributed by atoms with van der Waals surface area (Å²) >= 11 is 0. The number of carboxylic acids is 1. The Morgan fingerprint density at radius 3 is 2.32 bits per heavy atom. The molecule has 1 aliphatic rings. The number of Topliss-reactive ketones (excluding diaryl/α,β-unsaturated/α-hetero) is 1. The topological polar surface area (TPSA) is 145 Å². The molecule has 0 amide bonds. The minimum atomic E-state index is -3.95. The number of halogens is 2. The summed E-state index contributed by atoms with van der Waals surface area (Å²) in [4.78, 5) is 22.0. The highest BCUT2D eigenvalue weighted by molar-refractivity contribution is 5.77. The molecule has 0 bridgehead atoms. The van der Waals surface area contributed by atoms with Gasteiger partial charge in [0.25, 0.3) is 0 Å². The van der Waals surface area contributed by atoms with Gasteiger partial charge in [-0.15, -0.1) is 0 Å². The molecular weight excluding hydrogens is 310 g/mol. The second-order valence-electron chi connectivity index (χ2n) is 5.24. The van der Waals surface area contributed by atoms with Crippen molar-refractivity contribution < 1.29 is 48.6 Å². The van der Waals surface area contributed by atoms with E-state index in [1.165, 1.54) is 0 Å². The molecule has 0 aromatic heterocycles. The van der Waals surface area contributed by atoms with E-state index in [9.17, 15) is 33.7 Å². The SMILES string of the molecule is CC(=O)CC1C(O)C(F)C(F)(C(=O)O)OC1[C@H](O)[C@H](O)CO. The fourth-order valence-corrected chi connectivity index (χ4v) is 2.37. The van der Waals surface area contributed by atoms with Crippen LogP contribution in [0.4, 0.5) is 8.78 Å². The molecule has 22 heavy (non-hydrogen) atoms. The van der Waals surface area contributed by atoms with Crippen LogP contribution in [-0.2, 0) is 14.3 Å². The highest BCUT2D eigenvalue weighted by Gasteiger charge is 2.62. The number of aliphatic carboxylic acids is 1. The van der Waals surface area contributed by atoms with E-state index in [0.29, 0.717) is 0 Å². The largest absolute Gasteiger partial charge is 0.477 e. The van der Waals surface area contributed by atoms with Crippen LogP contribution in [0.2, 0.25) is 0 Å². The van der Waals surface area contributed by atoms with Gasteiger partial charge in [0.1, 0.15) is 18.0 Å². The Morgan fingerprint density at radius 1 is 1.36 bits per heavy atom. The van der Waals surface area contributed by atoms with Crippen LogP contribution < -0.4 is 0 Å². The summed E-state index contributed by atoms with van der Waals surface area (Å²) in [5, 5.41) is 46.5. The fraction of sp³-hybridized carbons (Fsp3) is 0.833. The highest BCUT2D eigenvalue weighted by Crippen LogP contribution is 2.40. The van der Waals surface area contributed by atoms with Gasteiger partial charge in [0.2, 0.25) is 0 Å². The number of ketones is 1. The Balaban J connectivity index is 3.19. The summed E-state index contributed by atoms with van der Waals surface area (Å²) in [6.07, 6.45) is -11.6. The molecule has 1 saturated heterocycles. The Kier molecular flexibility index (Phi) is 5.93. The van der Waals surface area contributed by atoms with Crippen LogP contribution >= 0.6 is 0 Å². The van der Waals surface area contributed by atoms with Crippen LogP contribution in [0, 0.1) is 5.92 Å². The number of hydrogen-bond acceptors (Lipinski definition) is 7. The smallest absolute Gasteiger partial charge is 0.372 e. The lowest BCUT2D eigenvalue weighted by molar-refractivity contribution is -0.303. The van der Waals surface area contributed by atoms with Gasteiger partial charge in [-0.2, -0.15) is 4.39 Å². The van der Waals surface area contributed by atoms with Gasteiger partial charge >= 0.3 is 11.8 Å². The van der Waals surface area contributed by atoms with Gasteiger partial charge in [-0.25, -0.2) is 9.18 Å². The zero-order valence-corrected chi connectivity index (χ0v) is 11.6. The second kappa shape index (κ2) is 6.92. The summed E-state index contributed by atoms with van der Waals surface area (Å²) in [5.74, 6) is -8.37. The van der Waals surface area contributed by atoms with E-state index in [2.05, 4.69) is 4.74 Å². The van der Waals surface area contributed by atoms with Crippen LogP contribution in [0.15, 0.2) is 0 Å². The molecule has 0 spiro atoms. The summed E-state index contributed by atoms with van der Waals surface area (Å²) in [6, 6.07) is 0. The third-order valence-corrected chi connectivity index (χ3v) is 3.56. The Labute approximate surface area is 123 Å². The molecular formula is C12H18F2O8. The van der Waals surface area contributed by atoms with E-state index in [0.717, 1.165) is 6.92 Å². The fourth-order valence-electron chi connectivity index (χ4n) is 2.37. The van der Waals surface area contributed by atoms with Crippen molar-refractivity contribution >= 4 is 11.8 Å². The average molecular weight is 328 g/mol. The average Bonchev–Trinajstić information content (AvgIpc) is 2.45. The standard InChI is InChI=1S/C12H18F2O8/c1-4(16)2-5-7(18)10(13)12(14,11(20)21)22-9(5)8(19)6(17)3-15/h5-10,15,17-19H,2-3H2,1H3,(H,20,21)/t5?,6-,7?,8-,9?,10?,12?/m1/s1. The van der Waals surface area contributed by atoms with E-state index >= 15 is 0 Å². The van der Waals surface area contributed by atoms with E-state index < -0.39 is 67.1 Å². The third kappa shape index (κ3) is 3.41. The predicted octanol–water partition coefficient (Wildman–Crippen LogP) is -1.86. The Bertz CT molecular complexity index is 433. The first-order chi connectivity index (χ1) is 10.1. The number of ether oxygens (including phenoxy) is 1. The first kappa shape index (κ1) is 18.8. The van der Waals surface area contributed by atoms with Gasteiger partial charge in [-0.1, -0.05) is 0 Å². The number of aliphatic hydroxyl groups is 4. The van der Waals surface area contributed by atoms with Gasteiger partial charge in [-0.3, -0.25) is 0 Å². The molecule has 0 radical (unpaired) electrons. The molecule has 1 aliphatic heterocycles. The Hall–Kier alpha value is -1.20. The minimum absolute atomic E-state index is 0.544. The summed E-state index contributed by atoms with van der Waals surface area (Å²) in [6.45, 7) is 0.107. The predicted molar refractivity (Wildman–Crippen MR) is 65.1 cm³/mol. The third-order valence-electron chi connectivity index (χ3n) is 3.56. The quantitative estimate of drug-likeness (QED) is 0.382. The number of alkyl halides is 2. The van der Waals surface area contributed by atoms with E-state index in [1.54, 1.807) is 0 Å². The van der Waals surface area contributed by atoms with Crippen LogP contribution in [0.1, 0.15) is 13.3 Å². The lowest BCUT2D eigenvalue weighted by Crippen LogP contribution is -2.65. The Morgan fingerprint density at radius 2 is 1.91 bits per heavy atom. The lowest BCUT2D eigenvalue weighted by Gasteiger charge is -2.45. The molecule has 10 heteroatoms. The zero-order chi connectivity index (χ0) is 17.2. The van der Waals surface area contributed by atoms with Crippen molar-refractivity contribution in [2.45, 2.75) is 49.8 Å². The van der Waals surface area contributed by atoms with Gasteiger partial charge in [0, 0.05) is 12.3 Å². The van der Waals surface area contributed by atoms with Crippen LogP contribution in [0.3, 0.4) is 0 Å². The maximum Gasteiger partial charge on any atom is 0.372 e. The number of rotatable bonds is 6. The first-order valence-corrected chi connectivity index (χ1v) is 6.45. The number of aliphatic hydroxyl groups excluding tert-OH is 4. The maximum absolute atomic E-state index is 14.1. The van der Waals surface area contributed by atoms with E-state index in [-0.39, 0.29) is 0 Å². The monoisotopic (exact) mass is 328 g/mol. The zero-order valence-electron chi connectivity index (χ0n) is 11.6. The van der Waals surface area contributed by atoms with Crippen LogP contribution in [0.25, 0.3) is 0 Å². The molecule has 7 atom stereocenters. The molecule has 0 aromatic rings. The van der Waals surface area contributed by atoms with Crippen molar-refractivity contribution in [1.82, 2.24) is 0 Å². The molecule has 5 unspecified atom stereocenters.